The van der Waals surface area contributed by atoms with Crippen molar-refractivity contribution in [3.8, 4) is 11.8 Å². The zero-order chi connectivity index (χ0) is 25.9. The number of fused-ring (bicyclic) bond motifs is 1. The molecule has 4 aromatic rings. The maximum Gasteiger partial charge on any atom is 0.255 e. The summed E-state index contributed by atoms with van der Waals surface area (Å²) in [7, 11) is 2.09. The highest BCUT2D eigenvalue weighted by atomic mass is 19.1. The third-order valence-corrected chi connectivity index (χ3v) is 6.39. The van der Waals surface area contributed by atoms with E-state index in [0.717, 1.165) is 37.1 Å². The number of amides is 1. The molecular formula is C28H26FN7O. The number of aryl methyl sites for hydroxylation is 1. The van der Waals surface area contributed by atoms with Gasteiger partial charge in [-0.05, 0) is 49.9 Å². The number of carbonyl (C=O) groups is 1. The monoisotopic (exact) mass is 495 g/mol. The van der Waals surface area contributed by atoms with Crippen LogP contribution in [0.2, 0.25) is 0 Å². The number of nitrogens with zero attached hydrogens (tertiary/aromatic N) is 5. The van der Waals surface area contributed by atoms with Gasteiger partial charge in [0.05, 0.1) is 23.6 Å². The minimum Gasteiger partial charge on any atom is -0.383 e. The van der Waals surface area contributed by atoms with Crippen LogP contribution in [-0.2, 0) is 0 Å². The summed E-state index contributed by atoms with van der Waals surface area (Å²) in [6, 6.07) is 9.68. The number of carbonyl (C=O) groups excluding carboxylic acids is 1. The highest BCUT2D eigenvalue weighted by Crippen LogP contribution is 2.23. The molecule has 3 heterocycles. The van der Waals surface area contributed by atoms with Gasteiger partial charge in [-0.2, -0.15) is 0 Å². The molecule has 0 atom stereocenters. The number of aromatic nitrogens is 3. The van der Waals surface area contributed by atoms with Crippen molar-refractivity contribution in [3.63, 3.8) is 0 Å². The minimum absolute atomic E-state index is 0.220. The fraction of sp³-hybridized carbons (Fsp3) is 0.214. The molecule has 0 bridgehead atoms. The Morgan fingerprint density at radius 3 is 2.51 bits per heavy atom. The molecule has 5 rings (SSSR count). The zero-order valence-electron chi connectivity index (χ0n) is 20.6. The van der Waals surface area contributed by atoms with Gasteiger partial charge in [0.2, 0.25) is 5.95 Å². The van der Waals surface area contributed by atoms with E-state index in [1.54, 1.807) is 36.8 Å². The number of nitrogen functional groups attached to an aromatic ring is 1. The maximum absolute atomic E-state index is 13.9. The lowest BCUT2D eigenvalue weighted by Gasteiger charge is -2.32. The van der Waals surface area contributed by atoms with Gasteiger partial charge in [0.25, 0.3) is 5.91 Å². The van der Waals surface area contributed by atoms with Crippen LogP contribution >= 0.6 is 0 Å². The second-order valence-electron chi connectivity index (χ2n) is 9.05. The van der Waals surface area contributed by atoms with Crippen molar-refractivity contribution in [2.24, 2.45) is 0 Å². The Balaban J connectivity index is 1.35. The molecule has 0 aliphatic carbocycles. The van der Waals surface area contributed by atoms with Crippen LogP contribution in [-0.4, -0.2) is 59.0 Å². The Kier molecular flexibility index (Phi) is 6.66. The van der Waals surface area contributed by atoms with Gasteiger partial charge in [-0.15, -0.1) is 0 Å². The lowest BCUT2D eigenvalue weighted by molar-refractivity contribution is 0.102. The summed E-state index contributed by atoms with van der Waals surface area (Å²) in [5.74, 6) is 6.31. The summed E-state index contributed by atoms with van der Waals surface area (Å²) in [5, 5.41) is 4.18. The van der Waals surface area contributed by atoms with Crippen molar-refractivity contribution in [1.29, 1.82) is 0 Å². The largest absolute Gasteiger partial charge is 0.383 e. The SMILES string of the molecule is Cc1ccc(C(=O)Nc2cnc(N3CCN(C)CC3)nc2)cc1C#Cc1c(N)ncc2ccc(F)cc12. The van der Waals surface area contributed by atoms with Gasteiger partial charge in [0, 0.05) is 54.3 Å². The quantitative estimate of drug-likeness (QED) is 0.420. The van der Waals surface area contributed by atoms with Crippen LogP contribution in [0.25, 0.3) is 10.8 Å². The van der Waals surface area contributed by atoms with Crippen LogP contribution in [0.5, 0.6) is 0 Å². The van der Waals surface area contributed by atoms with Crippen molar-refractivity contribution >= 4 is 34.1 Å². The lowest BCUT2D eigenvalue weighted by Crippen LogP contribution is -2.45. The predicted octanol–water partition coefficient (Wildman–Crippen LogP) is 3.46. The van der Waals surface area contributed by atoms with Crippen molar-refractivity contribution < 1.29 is 9.18 Å². The Labute approximate surface area is 214 Å². The number of pyridine rings is 1. The molecule has 1 fully saturated rings. The van der Waals surface area contributed by atoms with E-state index < -0.39 is 0 Å². The molecule has 37 heavy (non-hydrogen) atoms. The van der Waals surface area contributed by atoms with E-state index in [1.165, 1.54) is 12.1 Å². The van der Waals surface area contributed by atoms with Crippen LogP contribution in [0, 0.1) is 24.6 Å². The summed E-state index contributed by atoms with van der Waals surface area (Å²) in [5.41, 5.74) is 8.99. The van der Waals surface area contributed by atoms with Crippen LogP contribution in [0.3, 0.4) is 0 Å². The second-order valence-corrected chi connectivity index (χ2v) is 9.05. The van der Waals surface area contributed by atoms with Gasteiger partial charge in [0.15, 0.2) is 0 Å². The molecular weight excluding hydrogens is 469 g/mol. The molecule has 1 aliphatic heterocycles. The van der Waals surface area contributed by atoms with E-state index in [0.29, 0.717) is 33.7 Å². The van der Waals surface area contributed by atoms with E-state index in [1.807, 2.05) is 13.0 Å². The Morgan fingerprint density at radius 1 is 1.00 bits per heavy atom. The number of benzene rings is 2. The molecule has 0 unspecified atom stereocenters. The molecule has 1 amide bonds. The highest BCUT2D eigenvalue weighted by Gasteiger charge is 2.16. The number of anilines is 3. The van der Waals surface area contributed by atoms with Crippen LogP contribution in [0.1, 0.15) is 27.0 Å². The standard InChI is InChI=1S/C28H26FN7O/c1-18-3-4-20(27(37)34-23-16-32-28(33-17-23)36-11-9-35(2)10-12-36)13-19(18)6-8-24-25-14-22(29)7-5-21(25)15-31-26(24)30/h3-5,7,13-17H,9-12H2,1-2H3,(H2,30,31)(H,34,37). The summed E-state index contributed by atoms with van der Waals surface area (Å²) in [6.07, 6.45) is 4.82. The normalized spacial score (nSPS) is 13.8. The molecule has 2 aromatic heterocycles. The van der Waals surface area contributed by atoms with E-state index in [-0.39, 0.29) is 17.5 Å². The summed E-state index contributed by atoms with van der Waals surface area (Å²) in [6.45, 7) is 5.55. The molecule has 9 heteroatoms. The molecule has 3 N–H and O–H groups in total. The zero-order valence-corrected chi connectivity index (χ0v) is 20.6. The molecule has 0 saturated carbocycles. The molecule has 2 aromatic carbocycles. The first-order chi connectivity index (χ1) is 17.9. The number of hydrogen-bond donors (Lipinski definition) is 2. The first-order valence-corrected chi connectivity index (χ1v) is 11.9. The first-order valence-electron chi connectivity index (χ1n) is 11.9. The molecule has 8 nitrogen and oxygen atoms in total. The number of nitrogens with two attached hydrogens (primary N) is 1. The van der Waals surface area contributed by atoms with Crippen molar-refractivity contribution in [2.45, 2.75) is 6.92 Å². The smallest absolute Gasteiger partial charge is 0.255 e. The van der Waals surface area contributed by atoms with Crippen LogP contribution < -0.4 is 16.0 Å². The lowest BCUT2D eigenvalue weighted by atomic mass is 10.0. The number of likely N-dealkylation sites (N-methyl/N-ethyl adjacent to an activating group) is 1. The molecule has 0 radical (unpaired) electrons. The van der Waals surface area contributed by atoms with E-state index in [2.05, 4.69) is 49.0 Å². The van der Waals surface area contributed by atoms with E-state index in [9.17, 15) is 9.18 Å². The van der Waals surface area contributed by atoms with Gasteiger partial charge >= 0.3 is 0 Å². The number of piperazine rings is 1. The maximum atomic E-state index is 13.9. The number of hydrogen-bond acceptors (Lipinski definition) is 7. The summed E-state index contributed by atoms with van der Waals surface area (Å²) in [4.78, 5) is 30.4. The average molecular weight is 496 g/mol. The van der Waals surface area contributed by atoms with Gasteiger partial charge in [0.1, 0.15) is 11.6 Å². The Morgan fingerprint density at radius 2 is 1.76 bits per heavy atom. The molecule has 0 spiro atoms. The fourth-order valence-corrected chi connectivity index (χ4v) is 4.12. The van der Waals surface area contributed by atoms with Crippen molar-refractivity contribution in [2.75, 3.05) is 49.2 Å². The predicted molar refractivity (Wildman–Crippen MR) is 143 cm³/mol. The first kappa shape index (κ1) is 24.2. The molecule has 1 aliphatic rings. The van der Waals surface area contributed by atoms with Gasteiger partial charge in [-0.25, -0.2) is 19.3 Å². The van der Waals surface area contributed by atoms with Crippen molar-refractivity contribution in [3.05, 3.63) is 83.1 Å². The van der Waals surface area contributed by atoms with Crippen LogP contribution in [0.15, 0.2) is 55.0 Å². The third kappa shape index (κ3) is 5.34. The summed E-state index contributed by atoms with van der Waals surface area (Å²) < 4.78 is 13.9. The summed E-state index contributed by atoms with van der Waals surface area (Å²) >= 11 is 0. The van der Waals surface area contributed by atoms with Gasteiger partial charge in [-0.3, -0.25) is 4.79 Å². The Hall–Kier alpha value is -4.55. The van der Waals surface area contributed by atoms with Crippen LogP contribution in [0.4, 0.5) is 21.8 Å². The van der Waals surface area contributed by atoms with E-state index >= 15 is 0 Å². The topological polar surface area (TPSA) is 100 Å². The van der Waals surface area contributed by atoms with Gasteiger partial charge in [-0.1, -0.05) is 17.9 Å². The minimum atomic E-state index is -0.378. The number of rotatable bonds is 3. The molecule has 1 saturated heterocycles. The molecule has 186 valence electrons. The average Bonchev–Trinajstić information content (AvgIpc) is 2.90. The van der Waals surface area contributed by atoms with E-state index in [4.69, 9.17) is 5.73 Å². The second kappa shape index (κ2) is 10.2. The van der Waals surface area contributed by atoms with Gasteiger partial charge < -0.3 is 20.9 Å². The highest BCUT2D eigenvalue weighted by molar-refractivity contribution is 6.04. The number of nitrogens with one attached hydrogen (secondary N) is 1. The fourth-order valence-electron chi connectivity index (χ4n) is 4.12. The van der Waals surface area contributed by atoms with Crippen molar-refractivity contribution in [1.82, 2.24) is 19.9 Å². The number of halogens is 1. The third-order valence-electron chi connectivity index (χ3n) is 6.39. The Bertz CT molecular complexity index is 1530.